The van der Waals surface area contributed by atoms with Gasteiger partial charge in [0.15, 0.2) is 5.13 Å². The zero-order valence-electron chi connectivity index (χ0n) is 9.31. The molecule has 0 amide bonds. The fraction of sp³-hybridized carbons (Fsp3) is 0.154. The van der Waals surface area contributed by atoms with Crippen LogP contribution in [-0.2, 0) is 0 Å². The lowest BCUT2D eigenvalue weighted by molar-refractivity contribution is 0.866. The molecule has 0 atom stereocenters. The highest BCUT2D eigenvalue weighted by atomic mass is 32.1. The first kappa shape index (κ1) is 10.4. The summed E-state index contributed by atoms with van der Waals surface area (Å²) in [6.07, 6.45) is 6.26. The SMILES string of the molecule is C1=CCNC(CNc2nc3ccccc3s2)=C1. The Morgan fingerprint density at radius 1 is 1.35 bits per heavy atom. The van der Waals surface area contributed by atoms with Crippen LogP contribution in [0, 0.1) is 0 Å². The molecule has 0 saturated heterocycles. The van der Waals surface area contributed by atoms with Gasteiger partial charge in [-0.3, -0.25) is 0 Å². The van der Waals surface area contributed by atoms with Gasteiger partial charge in [0.25, 0.3) is 0 Å². The van der Waals surface area contributed by atoms with E-state index in [1.807, 2.05) is 18.2 Å². The minimum absolute atomic E-state index is 0.796. The lowest BCUT2D eigenvalue weighted by atomic mass is 10.3. The van der Waals surface area contributed by atoms with Crippen molar-refractivity contribution in [2.75, 3.05) is 18.4 Å². The highest BCUT2D eigenvalue weighted by Gasteiger charge is 2.03. The van der Waals surface area contributed by atoms with Crippen LogP contribution in [0.2, 0.25) is 0 Å². The summed E-state index contributed by atoms with van der Waals surface area (Å²) >= 11 is 1.69. The summed E-state index contributed by atoms with van der Waals surface area (Å²) < 4.78 is 1.22. The normalized spacial score (nSPS) is 14.5. The molecule has 1 aliphatic heterocycles. The van der Waals surface area contributed by atoms with Crippen LogP contribution < -0.4 is 10.6 Å². The third kappa shape index (κ3) is 2.31. The van der Waals surface area contributed by atoms with Crippen molar-refractivity contribution in [1.29, 1.82) is 0 Å². The Morgan fingerprint density at radius 2 is 2.29 bits per heavy atom. The van der Waals surface area contributed by atoms with Gasteiger partial charge in [0.2, 0.25) is 0 Å². The van der Waals surface area contributed by atoms with Gasteiger partial charge in [0.05, 0.1) is 16.8 Å². The molecule has 4 heteroatoms. The second kappa shape index (κ2) is 4.59. The highest BCUT2D eigenvalue weighted by Crippen LogP contribution is 2.25. The van der Waals surface area contributed by atoms with E-state index in [0.717, 1.165) is 23.7 Å². The molecule has 0 fully saturated rings. The number of fused-ring (bicyclic) bond motifs is 1. The number of hydrogen-bond acceptors (Lipinski definition) is 4. The summed E-state index contributed by atoms with van der Waals surface area (Å²) in [6.45, 7) is 1.71. The summed E-state index contributed by atoms with van der Waals surface area (Å²) in [5, 5.41) is 7.63. The minimum Gasteiger partial charge on any atom is -0.383 e. The topological polar surface area (TPSA) is 37.0 Å². The van der Waals surface area contributed by atoms with Crippen LogP contribution in [0.5, 0.6) is 0 Å². The molecular weight excluding hydrogens is 230 g/mol. The number of rotatable bonds is 3. The molecule has 0 bridgehead atoms. The molecule has 0 spiro atoms. The second-order valence-corrected chi connectivity index (χ2v) is 4.87. The van der Waals surface area contributed by atoms with Gasteiger partial charge in [-0.15, -0.1) is 0 Å². The molecule has 0 radical (unpaired) electrons. The van der Waals surface area contributed by atoms with Gasteiger partial charge in [0, 0.05) is 12.2 Å². The summed E-state index contributed by atoms with van der Waals surface area (Å²) in [6, 6.07) is 8.19. The van der Waals surface area contributed by atoms with Gasteiger partial charge < -0.3 is 10.6 Å². The number of anilines is 1. The third-order valence-electron chi connectivity index (χ3n) is 2.60. The maximum absolute atomic E-state index is 4.53. The van der Waals surface area contributed by atoms with E-state index in [4.69, 9.17) is 0 Å². The number of thiazole rings is 1. The van der Waals surface area contributed by atoms with Crippen LogP contribution >= 0.6 is 11.3 Å². The highest BCUT2D eigenvalue weighted by molar-refractivity contribution is 7.22. The maximum Gasteiger partial charge on any atom is 0.184 e. The van der Waals surface area contributed by atoms with Gasteiger partial charge in [-0.25, -0.2) is 4.98 Å². The van der Waals surface area contributed by atoms with E-state index in [9.17, 15) is 0 Å². The van der Waals surface area contributed by atoms with Gasteiger partial charge in [-0.05, 0) is 18.2 Å². The van der Waals surface area contributed by atoms with Crippen LogP contribution in [0.25, 0.3) is 10.2 Å². The van der Waals surface area contributed by atoms with Crippen molar-refractivity contribution in [1.82, 2.24) is 10.3 Å². The largest absolute Gasteiger partial charge is 0.383 e. The van der Waals surface area contributed by atoms with E-state index >= 15 is 0 Å². The molecule has 17 heavy (non-hydrogen) atoms. The Hall–Kier alpha value is -1.81. The zero-order valence-corrected chi connectivity index (χ0v) is 10.1. The second-order valence-electron chi connectivity index (χ2n) is 3.84. The Kier molecular flexibility index (Phi) is 2.80. The fourth-order valence-electron chi connectivity index (χ4n) is 1.74. The molecule has 1 aromatic carbocycles. The first-order valence-electron chi connectivity index (χ1n) is 5.61. The van der Waals surface area contributed by atoms with Crippen molar-refractivity contribution in [3.63, 3.8) is 0 Å². The van der Waals surface area contributed by atoms with Crippen LogP contribution in [-0.4, -0.2) is 18.1 Å². The summed E-state index contributed by atoms with van der Waals surface area (Å²) in [4.78, 5) is 4.53. The number of allylic oxidation sites excluding steroid dienone is 2. The average Bonchev–Trinajstić information content (AvgIpc) is 2.80. The first-order valence-corrected chi connectivity index (χ1v) is 6.42. The Balaban J connectivity index is 1.72. The molecule has 3 nitrogen and oxygen atoms in total. The standard InChI is InChI=1S/C13H13N3S/c1-2-7-12-11(6-1)16-13(17-12)15-9-10-5-3-4-8-14-10/h1-7,14H,8-9H2,(H,15,16). The smallest absolute Gasteiger partial charge is 0.184 e. The minimum atomic E-state index is 0.796. The van der Waals surface area contributed by atoms with E-state index in [0.29, 0.717) is 0 Å². The summed E-state index contributed by atoms with van der Waals surface area (Å²) in [5.74, 6) is 0. The van der Waals surface area contributed by atoms with Crippen molar-refractivity contribution in [2.45, 2.75) is 0 Å². The van der Waals surface area contributed by atoms with Gasteiger partial charge in [-0.1, -0.05) is 35.6 Å². The van der Waals surface area contributed by atoms with Crippen molar-refractivity contribution in [3.8, 4) is 0 Å². The molecule has 0 unspecified atom stereocenters. The Morgan fingerprint density at radius 3 is 3.12 bits per heavy atom. The zero-order chi connectivity index (χ0) is 11.5. The van der Waals surface area contributed by atoms with Crippen LogP contribution in [0.3, 0.4) is 0 Å². The molecule has 2 heterocycles. The average molecular weight is 243 g/mol. The molecule has 1 aromatic heterocycles. The maximum atomic E-state index is 4.53. The number of hydrogen-bond donors (Lipinski definition) is 2. The van der Waals surface area contributed by atoms with E-state index in [2.05, 4.69) is 39.9 Å². The lowest BCUT2D eigenvalue weighted by Gasteiger charge is -2.11. The molecule has 2 aromatic rings. The van der Waals surface area contributed by atoms with Crippen molar-refractivity contribution in [2.24, 2.45) is 0 Å². The van der Waals surface area contributed by atoms with E-state index in [-0.39, 0.29) is 0 Å². The van der Waals surface area contributed by atoms with Crippen LogP contribution in [0.1, 0.15) is 0 Å². The predicted octanol–water partition coefficient (Wildman–Crippen LogP) is 2.75. The molecule has 1 aliphatic rings. The number of dihydropyridines is 1. The van der Waals surface area contributed by atoms with E-state index in [1.165, 1.54) is 10.4 Å². The summed E-state index contributed by atoms with van der Waals surface area (Å²) in [5.41, 5.74) is 2.26. The molecular formula is C13H13N3S. The Labute approximate surface area is 104 Å². The number of para-hydroxylation sites is 1. The molecule has 0 saturated carbocycles. The van der Waals surface area contributed by atoms with Gasteiger partial charge in [-0.2, -0.15) is 0 Å². The molecule has 0 aliphatic carbocycles. The van der Waals surface area contributed by atoms with Gasteiger partial charge in [0.1, 0.15) is 0 Å². The van der Waals surface area contributed by atoms with Crippen molar-refractivity contribution in [3.05, 3.63) is 48.2 Å². The first-order chi connectivity index (χ1) is 8.42. The predicted molar refractivity (Wildman–Crippen MR) is 73.3 cm³/mol. The van der Waals surface area contributed by atoms with Gasteiger partial charge >= 0.3 is 0 Å². The number of benzene rings is 1. The van der Waals surface area contributed by atoms with Crippen LogP contribution in [0.4, 0.5) is 5.13 Å². The number of nitrogens with zero attached hydrogens (tertiary/aromatic N) is 1. The van der Waals surface area contributed by atoms with Crippen molar-refractivity contribution >= 4 is 26.7 Å². The third-order valence-corrected chi connectivity index (χ3v) is 3.60. The monoisotopic (exact) mass is 243 g/mol. The van der Waals surface area contributed by atoms with E-state index in [1.54, 1.807) is 11.3 Å². The lowest BCUT2D eigenvalue weighted by Crippen LogP contribution is -2.21. The number of nitrogens with one attached hydrogen (secondary N) is 2. The molecule has 86 valence electrons. The summed E-state index contributed by atoms with van der Waals surface area (Å²) in [7, 11) is 0. The van der Waals surface area contributed by atoms with Crippen LogP contribution in [0.15, 0.2) is 48.2 Å². The quantitative estimate of drug-likeness (QED) is 0.870. The Bertz CT molecular complexity index is 550. The van der Waals surface area contributed by atoms with E-state index < -0.39 is 0 Å². The van der Waals surface area contributed by atoms with Crippen molar-refractivity contribution < 1.29 is 0 Å². The molecule has 3 rings (SSSR count). The number of aromatic nitrogens is 1. The fourth-order valence-corrected chi connectivity index (χ4v) is 2.60. The molecule has 2 N–H and O–H groups in total.